The lowest BCUT2D eigenvalue weighted by Crippen LogP contribution is -2.16. The first-order chi connectivity index (χ1) is 9.33. The van der Waals surface area contributed by atoms with E-state index in [9.17, 15) is 0 Å². The predicted octanol–water partition coefficient (Wildman–Crippen LogP) is 3.52. The minimum absolute atomic E-state index is 0.942. The number of fused-ring (bicyclic) bond motifs is 2. The second-order valence-corrected chi connectivity index (χ2v) is 5.78. The van der Waals surface area contributed by atoms with Gasteiger partial charge in [-0.1, -0.05) is 24.3 Å². The van der Waals surface area contributed by atoms with Gasteiger partial charge < -0.3 is 4.90 Å². The molecule has 0 unspecified atom stereocenters. The van der Waals surface area contributed by atoms with Crippen LogP contribution in [-0.4, -0.2) is 9.97 Å². The molecule has 2 aromatic heterocycles. The predicted molar refractivity (Wildman–Crippen MR) is 78.5 cm³/mol. The van der Waals surface area contributed by atoms with Crippen molar-refractivity contribution in [2.75, 3.05) is 4.90 Å². The van der Waals surface area contributed by atoms with Gasteiger partial charge in [-0.25, -0.2) is 9.97 Å². The molecule has 19 heavy (non-hydrogen) atoms. The summed E-state index contributed by atoms with van der Waals surface area (Å²) in [6.45, 7) is 4.02. The lowest BCUT2D eigenvalue weighted by Gasteiger charge is -2.17. The van der Waals surface area contributed by atoms with Crippen molar-refractivity contribution in [1.82, 2.24) is 9.97 Å². The minimum Gasteiger partial charge on any atom is -0.347 e. The Bertz CT molecular complexity index is 738. The zero-order chi connectivity index (χ0) is 12.8. The maximum absolute atomic E-state index is 4.53. The summed E-state index contributed by atoms with van der Waals surface area (Å²) in [4.78, 5) is 12.3. The smallest absolute Gasteiger partial charge is 0.141 e. The molecule has 0 saturated heterocycles. The van der Waals surface area contributed by atoms with E-state index in [1.165, 1.54) is 22.1 Å². The molecule has 0 N–H and O–H groups in total. The van der Waals surface area contributed by atoms with Crippen molar-refractivity contribution >= 4 is 27.4 Å². The van der Waals surface area contributed by atoms with E-state index in [2.05, 4.69) is 51.4 Å². The highest BCUT2D eigenvalue weighted by molar-refractivity contribution is 7.17. The molecule has 0 fully saturated rings. The number of hydrogen-bond donors (Lipinski definition) is 0. The van der Waals surface area contributed by atoms with Crippen LogP contribution >= 0.6 is 11.3 Å². The van der Waals surface area contributed by atoms with E-state index in [4.69, 9.17) is 0 Å². The first kappa shape index (κ1) is 10.9. The molecule has 0 saturated carbocycles. The summed E-state index contributed by atoms with van der Waals surface area (Å²) in [5, 5.41) is 3.37. The van der Waals surface area contributed by atoms with E-state index < -0.39 is 0 Å². The van der Waals surface area contributed by atoms with E-state index in [1.807, 2.05) is 0 Å². The molecule has 1 aliphatic heterocycles. The highest BCUT2D eigenvalue weighted by atomic mass is 32.1. The normalized spacial score (nSPS) is 14.1. The van der Waals surface area contributed by atoms with Crippen LogP contribution in [0.15, 0.2) is 36.0 Å². The zero-order valence-corrected chi connectivity index (χ0v) is 11.4. The summed E-state index contributed by atoms with van der Waals surface area (Å²) >= 11 is 1.69. The van der Waals surface area contributed by atoms with Crippen molar-refractivity contribution in [1.29, 1.82) is 0 Å². The van der Waals surface area contributed by atoms with Gasteiger partial charge in [0, 0.05) is 13.1 Å². The fraction of sp³-hybridized carbons (Fsp3) is 0.200. The molecule has 0 atom stereocenters. The Morgan fingerprint density at radius 1 is 1.11 bits per heavy atom. The molecule has 0 aliphatic carbocycles. The molecule has 1 aliphatic rings. The van der Waals surface area contributed by atoms with E-state index in [1.54, 1.807) is 17.7 Å². The van der Waals surface area contributed by atoms with Crippen molar-refractivity contribution in [2.45, 2.75) is 20.0 Å². The van der Waals surface area contributed by atoms with Gasteiger partial charge in [-0.15, -0.1) is 11.3 Å². The summed E-state index contributed by atoms with van der Waals surface area (Å²) in [6, 6.07) is 8.61. The Morgan fingerprint density at radius 2 is 1.84 bits per heavy atom. The first-order valence-electron chi connectivity index (χ1n) is 6.33. The van der Waals surface area contributed by atoms with Crippen LogP contribution in [0.4, 0.5) is 5.82 Å². The number of aromatic nitrogens is 2. The first-order valence-corrected chi connectivity index (χ1v) is 7.21. The van der Waals surface area contributed by atoms with Crippen LogP contribution in [0.2, 0.25) is 0 Å². The molecule has 94 valence electrons. The molecular formula is C15H13N3S. The van der Waals surface area contributed by atoms with Crippen LogP contribution in [0.1, 0.15) is 16.7 Å². The van der Waals surface area contributed by atoms with Crippen molar-refractivity contribution in [2.24, 2.45) is 0 Å². The second-order valence-electron chi connectivity index (χ2n) is 4.92. The molecule has 4 rings (SSSR count). The molecular weight excluding hydrogens is 254 g/mol. The minimum atomic E-state index is 0.942. The van der Waals surface area contributed by atoms with Gasteiger partial charge in [-0.2, -0.15) is 0 Å². The lowest BCUT2D eigenvalue weighted by atomic mass is 10.1. The fourth-order valence-electron chi connectivity index (χ4n) is 2.72. The van der Waals surface area contributed by atoms with Crippen molar-refractivity contribution in [3.63, 3.8) is 0 Å². The van der Waals surface area contributed by atoms with Gasteiger partial charge in [-0.05, 0) is 29.0 Å². The quantitative estimate of drug-likeness (QED) is 0.675. The van der Waals surface area contributed by atoms with Gasteiger partial charge in [0.15, 0.2) is 0 Å². The van der Waals surface area contributed by atoms with E-state index >= 15 is 0 Å². The number of aryl methyl sites for hydroxylation is 1. The van der Waals surface area contributed by atoms with Gasteiger partial charge in [0.2, 0.25) is 0 Å². The molecule has 1 aromatic carbocycles. The molecule has 0 radical (unpaired) electrons. The molecule has 0 amide bonds. The number of rotatable bonds is 1. The number of hydrogen-bond acceptors (Lipinski definition) is 4. The van der Waals surface area contributed by atoms with Crippen LogP contribution in [-0.2, 0) is 13.1 Å². The van der Waals surface area contributed by atoms with Gasteiger partial charge in [-0.3, -0.25) is 0 Å². The topological polar surface area (TPSA) is 29.0 Å². The summed E-state index contributed by atoms with van der Waals surface area (Å²) in [5.74, 6) is 1.07. The largest absolute Gasteiger partial charge is 0.347 e. The van der Waals surface area contributed by atoms with Gasteiger partial charge in [0.25, 0.3) is 0 Å². The molecule has 0 bridgehead atoms. The van der Waals surface area contributed by atoms with Gasteiger partial charge in [0.05, 0.1) is 5.39 Å². The highest BCUT2D eigenvalue weighted by Crippen LogP contribution is 2.34. The summed E-state index contributed by atoms with van der Waals surface area (Å²) < 4.78 is 0. The third kappa shape index (κ3) is 1.64. The molecule has 3 heterocycles. The lowest BCUT2D eigenvalue weighted by molar-refractivity contribution is 0.860. The van der Waals surface area contributed by atoms with Gasteiger partial charge >= 0.3 is 0 Å². The Hall–Kier alpha value is -1.94. The van der Waals surface area contributed by atoms with Crippen molar-refractivity contribution < 1.29 is 0 Å². The van der Waals surface area contributed by atoms with Gasteiger partial charge in [0.1, 0.15) is 17.0 Å². The summed E-state index contributed by atoms with van der Waals surface area (Å²) in [6.07, 6.45) is 1.68. The maximum Gasteiger partial charge on any atom is 0.141 e. The fourth-order valence-corrected chi connectivity index (χ4v) is 3.61. The third-order valence-corrected chi connectivity index (χ3v) is 4.68. The highest BCUT2D eigenvalue weighted by Gasteiger charge is 2.22. The number of benzene rings is 1. The standard InChI is InChI=1S/C15H13N3S/c1-10-8-19-15-13(10)14(16-9-17-15)18-6-11-4-2-3-5-12(11)7-18/h2-5,8-9H,6-7H2,1H3. The van der Waals surface area contributed by atoms with Crippen LogP contribution in [0.25, 0.3) is 10.2 Å². The maximum atomic E-state index is 4.53. The summed E-state index contributed by atoms with van der Waals surface area (Å²) in [5.41, 5.74) is 4.08. The summed E-state index contributed by atoms with van der Waals surface area (Å²) in [7, 11) is 0. The third-order valence-electron chi connectivity index (χ3n) is 3.67. The number of nitrogens with zero attached hydrogens (tertiary/aromatic N) is 3. The average molecular weight is 267 g/mol. The van der Waals surface area contributed by atoms with E-state index in [0.29, 0.717) is 0 Å². The molecule has 4 heteroatoms. The number of anilines is 1. The number of thiophene rings is 1. The Balaban J connectivity index is 1.83. The van der Waals surface area contributed by atoms with E-state index in [-0.39, 0.29) is 0 Å². The van der Waals surface area contributed by atoms with Crippen LogP contribution in [0.5, 0.6) is 0 Å². The molecule has 0 spiro atoms. The molecule has 3 aromatic rings. The average Bonchev–Trinajstić information content (AvgIpc) is 3.03. The Labute approximate surface area is 115 Å². The zero-order valence-electron chi connectivity index (χ0n) is 10.6. The monoisotopic (exact) mass is 267 g/mol. The van der Waals surface area contributed by atoms with Crippen LogP contribution in [0, 0.1) is 6.92 Å². The SMILES string of the molecule is Cc1csc2ncnc(N3Cc4ccccc4C3)c12. The van der Waals surface area contributed by atoms with Crippen molar-refractivity contribution in [3.8, 4) is 0 Å². The van der Waals surface area contributed by atoms with Crippen LogP contribution in [0.3, 0.4) is 0 Å². The van der Waals surface area contributed by atoms with Crippen molar-refractivity contribution in [3.05, 3.63) is 52.7 Å². The Morgan fingerprint density at radius 3 is 2.58 bits per heavy atom. The second kappa shape index (κ2) is 4.03. The van der Waals surface area contributed by atoms with Crippen LogP contribution < -0.4 is 4.90 Å². The molecule has 3 nitrogen and oxygen atoms in total. The van der Waals surface area contributed by atoms with E-state index in [0.717, 1.165) is 23.7 Å². The Kier molecular flexibility index (Phi) is 2.32.